The number of amides is 3. The van der Waals surface area contributed by atoms with Crippen LogP contribution in [0.3, 0.4) is 0 Å². The van der Waals surface area contributed by atoms with E-state index in [9.17, 15) is 19.2 Å². The number of hydrogen-bond donors (Lipinski definition) is 2. The number of carbonyl (C=O) groups is 4. The molecule has 166 valence electrons. The van der Waals surface area contributed by atoms with Crippen LogP contribution in [0.15, 0.2) is 45.8 Å². The molecule has 32 heavy (non-hydrogen) atoms. The summed E-state index contributed by atoms with van der Waals surface area (Å²) in [6.07, 6.45) is 1.44. The van der Waals surface area contributed by atoms with E-state index in [1.54, 1.807) is 18.2 Å². The van der Waals surface area contributed by atoms with Crippen LogP contribution >= 0.6 is 27.7 Å². The molecule has 1 aliphatic heterocycles. The Kier molecular flexibility index (Phi) is 7.37. The number of anilines is 1. The van der Waals surface area contributed by atoms with Crippen molar-refractivity contribution in [3.05, 3.63) is 62.5 Å². The molecule has 0 aliphatic carbocycles. The van der Waals surface area contributed by atoms with Gasteiger partial charge in [-0.3, -0.25) is 19.3 Å². The van der Waals surface area contributed by atoms with Gasteiger partial charge in [0.25, 0.3) is 11.1 Å². The summed E-state index contributed by atoms with van der Waals surface area (Å²) >= 11 is 4.02. The molecule has 0 spiro atoms. The smallest absolute Gasteiger partial charge is 0.341 e. The predicted octanol–water partition coefficient (Wildman–Crippen LogP) is 4.20. The number of imide groups is 1. The summed E-state index contributed by atoms with van der Waals surface area (Å²) < 4.78 is 5.94. The van der Waals surface area contributed by atoms with Crippen molar-refractivity contribution >= 4 is 62.5 Å². The number of carbonyl (C=O) groups excluding carboxylic acids is 3. The molecule has 0 bridgehead atoms. The third-order valence-corrected chi connectivity index (χ3v) is 5.85. The number of nitrogens with zero attached hydrogens (tertiary/aromatic N) is 1. The Morgan fingerprint density at radius 3 is 2.66 bits per heavy atom. The van der Waals surface area contributed by atoms with E-state index in [-0.39, 0.29) is 10.7 Å². The molecule has 0 saturated carbocycles. The SMILES string of the molecule is Cc1ccc(C)c(NC(=O)CN2C(=O)S/C(=C/c3cc(Br)ccc3OCC(=O)O)C2=O)c1. The number of benzene rings is 2. The van der Waals surface area contributed by atoms with Crippen LogP contribution in [0.25, 0.3) is 6.08 Å². The van der Waals surface area contributed by atoms with Crippen LogP contribution in [0.5, 0.6) is 5.75 Å². The molecule has 2 aromatic rings. The number of thioether (sulfide) groups is 1. The zero-order chi connectivity index (χ0) is 23.4. The van der Waals surface area contributed by atoms with Gasteiger partial charge in [0, 0.05) is 15.7 Å². The molecule has 2 aromatic carbocycles. The van der Waals surface area contributed by atoms with Crippen LogP contribution in [-0.4, -0.2) is 46.2 Å². The highest BCUT2D eigenvalue weighted by Crippen LogP contribution is 2.35. The lowest BCUT2D eigenvalue weighted by molar-refractivity contribution is -0.139. The van der Waals surface area contributed by atoms with Gasteiger partial charge in [0.1, 0.15) is 12.3 Å². The van der Waals surface area contributed by atoms with Gasteiger partial charge in [-0.1, -0.05) is 28.1 Å². The fourth-order valence-electron chi connectivity index (χ4n) is 2.88. The third-order valence-electron chi connectivity index (χ3n) is 4.45. The van der Waals surface area contributed by atoms with E-state index in [1.165, 1.54) is 6.08 Å². The Morgan fingerprint density at radius 2 is 1.94 bits per heavy atom. The summed E-state index contributed by atoms with van der Waals surface area (Å²) in [5.41, 5.74) is 2.87. The van der Waals surface area contributed by atoms with Crippen molar-refractivity contribution in [3.8, 4) is 5.75 Å². The van der Waals surface area contributed by atoms with Crippen LogP contribution in [-0.2, 0) is 14.4 Å². The number of nitrogens with one attached hydrogen (secondary N) is 1. The van der Waals surface area contributed by atoms with Gasteiger partial charge in [0.2, 0.25) is 5.91 Å². The molecule has 0 atom stereocenters. The number of rotatable bonds is 7. The predicted molar refractivity (Wildman–Crippen MR) is 124 cm³/mol. The van der Waals surface area contributed by atoms with E-state index in [2.05, 4.69) is 21.2 Å². The number of carboxylic acids is 1. The van der Waals surface area contributed by atoms with Crippen molar-refractivity contribution in [1.82, 2.24) is 4.90 Å². The van der Waals surface area contributed by atoms with Gasteiger partial charge in [-0.2, -0.15) is 0 Å². The number of hydrogen-bond acceptors (Lipinski definition) is 6. The van der Waals surface area contributed by atoms with Crippen molar-refractivity contribution in [3.63, 3.8) is 0 Å². The summed E-state index contributed by atoms with van der Waals surface area (Å²) in [7, 11) is 0. The summed E-state index contributed by atoms with van der Waals surface area (Å²) in [5.74, 6) is -2.00. The standard InChI is InChI=1S/C22H19BrN2O6S/c1-12-3-4-13(2)16(7-12)24-19(26)10-25-21(29)18(32-22(25)30)9-14-8-15(23)5-6-17(14)31-11-20(27)28/h3-9H,10-11H2,1-2H3,(H,24,26)(H,27,28)/b18-9+. The van der Waals surface area contributed by atoms with Gasteiger partial charge >= 0.3 is 5.97 Å². The van der Waals surface area contributed by atoms with Crippen LogP contribution < -0.4 is 10.1 Å². The van der Waals surface area contributed by atoms with E-state index in [1.807, 2.05) is 32.0 Å². The first kappa shape index (κ1) is 23.6. The molecule has 0 aromatic heterocycles. The summed E-state index contributed by atoms with van der Waals surface area (Å²) in [5, 5.41) is 11.0. The van der Waals surface area contributed by atoms with Crippen molar-refractivity contribution in [2.75, 3.05) is 18.5 Å². The van der Waals surface area contributed by atoms with Crippen molar-refractivity contribution in [1.29, 1.82) is 0 Å². The van der Waals surface area contributed by atoms with Gasteiger partial charge in [0.15, 0.2) is 6.61 Å². The minimum atomic E-state index is -1.14. The quantitative estimate of drug-likeness (QED) is 0.527. The largest absolute Gasteiger partial charge is 0.481 e. The fourth-order valence-corrected chi connectivity index (χ4v) is 4.09. The zero-order valence-electron chi connectivity index (χ0n) is 17.2. The maximum absolute atomic E-state index is 12.8. The number of aliphatic carboxylic acids is 1. The lowest BCUT2D eigenvalue weighted by atomic mass is 10.1. The number of aryl methyl sites for hydroxylation is 2. The molecule has 0 radical (unpaired) electrons. The minimum Gasteiger partial charge on any atom is -0.481 e. The Labute approximate surface area is 196 Å². The molecule has 1 heterocycles. The van der Waals surface area contributed by atoms with Crippen LogP contribution in [0.1, 0.15) is 16.7 Å². The summed E-state index contributed by atoms with van der Waals surface area (Å²) in [4.78, 5) is 49.4. The lowest BCUT2D eigenvalue weighted by Gasteiger charge is -2.14. The van der Waals surface area contributed by atoms with E-state index in [4.69, 9.17) is 9.84 Å². The third kappa shape index (κ3) is 5.77. The highest BCUT2D eigenvalue weighted by molar-refractivity contribution is 9.10. The molecule has 10 heteroatoms. The number of halogens is 1. The average Bonchev–Trinajstić information content (AvgIpc) is 2.97. The first-order chi connectivity index (χ1) is 15.1. The molecular weight excluding hydrogens is 500 g/mol. The molecule has 1 saturated heterocycles. The first-order valence-corrected chi connectivity index (χ1v) is 11.0. The normalized spacial score (nSPS) is 14.7. The van der Waals surface area contributed by atoms with Crippen LogP contribution in [0, 0.1) is 13.8 Å². The topological polar surface area (TPSA) is 113 Å². The van der Waals surface area contributed by atoms with Gasteiger partial charge < -0.3 is 15.2 Å². The highest BCUT2D eigenvalue weighted by atomic mass is 79.9. The van der Waals surface area contributed by atoms with Gasteiger partial charge in [-0.25, -0.2) is 4.79 Å². The van der Waals surface area contributed by atoms with E-state index >= 15 is 0 Å². The van der Waals surface area contributed by atoms with Crippen LogP contribution in [0.2, 0.25) is 0 Å². The molecule has 3 amide bonds. The van der Waals surface area contributed by atoms with Crippen molar-refractivity contribution in [2.24, 2.45) is 0 Å². The molecule has 2 N–H and O–H groups in total. The Hall–Kier alpha value is -3.11. The van der Waals surface area contributed by atoms with E-state index in [0.717, 1.165) is 16.0 Å². The molecule has 0 unspecified atom stereocenters. The lowest BCUT2D eigenvalue weighted by Crippen LogP contribution is -2.36. The summed E-state index contributed by atoms with van der Waals surface area (Å²) in [6.45, 7) is 2.77. The minimum absolute atomic E-state index is 0.104. The van der Waals surface area contributed by atoms with E-state index in [0.29, 0.717) is 27.5 Å². The Bertz CT molecular complexity index is 1150. The Balaban J connectivity index is 1.76. The monoisotopic (exact) mass is 518 g/mol. The molecular formula is C22H19BrN2O6S. The Morgan fingerprint density at radius 1 is 1.19 bits per heavy atom. The molecule has 1 fully saturated rings. The second-order valence-electron chi connectivity index (χ2n) is 7.00. The van der Waals surface area contributed by atoms with Crippen molar-refractivity contribution < 1.29 is 29.0 Å². The van der Waals surface area contributed by atoms with Gasteiger partial charge in [0.05, 0.1) is 4.91 Å². The maximum Gasteiger partial charge on any atom is 0.341 e. The molecule has 1 aliphatic rings. The molecule has 3 rings (SSSR count). The maximum atomic E-state index is 12.8. The zero-order valence-corrected chi connectivity index (χ0v) is 19.6. The van der Waals surface area contributed by atoms with Gasteiger partial charge in [-0.15, -0.1) is 0 Å². The summed E-state index contributed by atoms with van der Waals surface area (Å²) in [6, 6.07) is 10.5. The second kappa shape index (κ2) is 10.0. The number of carboxylic acid groups (broad SMARTS) is 1. The molecule has 8 nitrogen and oxygen atoms in total. The van der Waals surface area contributed by atoms with Crippen molar-refractivity contribution in [2.45, 2.75) is 13.8 Å². The van der Waals surface area contributed by atoms with Crippen LogP contribution in [0.4, 0.5) is 10.5 Å². The highest BCUT2D eigenvalue weighted by Gasteiger charge is 2.36. The van der Waals surface area contributed by atoms with Gasteiger partial charge in [-0.05, 0) is 67.1 Å². The first-order valence-electron chi connectivity index (χ1n) is 9.40. The number of ether oxygens (including phenoxy) is 1. The fraction of sp³-hybridized carbons (Fsp3) is 0.182. The average molecular weight is 519 g/mol. The van der Waals surface area contributed by atoms with E-state index < -0.39 is 36.2 Å². The second-order valence-corrected chi connectivity index (χ2v) is 8.91.